The van der Waals surface area contributed by atoms with Crippen molar-refractivity contribution >= 4 is 17.7 Å². The molecular weight excluding hydrogens is 348 g/mol. The van der Waals surface area contributed by atoms with Gasteiger partial charge < -0.3 is 20.3 Å². The molecule has 0 unspecified atom stereocenters. The molecule has 2 saturated heterocycles. The van der Waals surface area contributed by atoms with Gasteiger partial charge in [-0.25, -0.2) is 0 Å². The molecule has 1 aromatic carbocycles. The average molecular weight is 372 g/mol. The number of nitrogens with one attached hydrogen (secondary N) is 2. The molecule has 0 saturated carbocycles. The van der Waals surface area contributed by atoms with E-state index in [0.29, 0.717) is 43.8 Å². The van der Waals surface area contributed by atoms with Crippen molar-refractivity contribution in [2.75, 3.05) is 33.2 Å². The number of hydrogen-bond donors (Lipinski definition) is 2. The van der Waals surface area contributed by atoms with Crippen LogP contribution in [-0.2, 0) is 9.59 Å². The molecule has 8 heteroatoms. The van der Waals surface area contributed by atoms with E-state index < -0.39 is 11.8 Å². The number of para-hydroxylation sites is 1. The molecule has 0 bridgehead atoms. The van der Waals surface area contributed by atoms with Gasteiger partial charge in [-0.15, -0.1) is 0 Å². The van der Waals surface area contributed by atoms with Crippen LogP contribution in [0.3, 0.4) is 0 Å². The zero-order chi connectivity index (χ0) is 19.0. The van der Waals surface area contributed by atoms with Gasteiger partial charge >= 0.3 is 0 Å². The predicted molar refractivity (Wildman–Crippen MR) is 97.1 cm³/mol. The van der Waals surface area contributed by atoms with E-state index >= 15 is 0 Å². The van der Waals surface area contributed by atoms with Gasteiger partial charge in [0.25, 0.3) is 5.91 Å². The molecule has 2 fully saturated rings. The highest BCUT2D eigenvalue weighted by molar-refractivity contribution is 5.98. The molecule has 1 spiro atoms. The molecular formula is C19H24N4O4. The highest BCUT2D eigenvalue weighted by atomic mass is 16.5. The van der Waals surface area contributed by atoms with E-state index in [0.717, 1.165) is 6.54 Å². The minimum Gasteiger partial charge on any atom is -0.467 e. The average Bonchev–Trinajstić information content (AvgIpc) is 2.65. The Morgan fingerprint density at radius 1 is 1.22 bits per heavy atom. The van der Waals surface area contributed by atoms with Gasteiger partial charge in [0.05, 0.1) is 18.0 Å². The van der Waals surface area contributed by atoms with Crippen molar-refractivity contribution in [2.45, 2.75) is 31.0 Å². The fraction of sp³-hybridized carbons (Fsp3) is 0.526. The molecule has 4 rings (SSSR count). The molecule has 3 aliphatic heterocycles. The number of likely N-dealkylation sites (tertiary alicyclic amines) is 1. The van der Waals surface area contributed by atoms with Gasteiger partial charge in [0.2, 0.25) is 11.8 Å². The fourth-order valence-electron chi connectivity index (χ4n) is 3.97. The first-order valence-electron chi connectivity index (χ1n) is 9.34. The molecule has 0 aliphatic carbocycles. The first-order valence-corrected chi connectivity index (χ1v) is 9.34. The van der Waals surface area contributed by atoms with Gasteiger partial charge in [0.1, 0.15) is 5.75 Å². The smallest absolute Gasteiger partial charge is 0.258 e. The third kappa shape index (κ3) is 3.37. The SMILES string of the molecule is CN1CCNC(=O)[C@H]1CC(=O)N1CCC2(CC1)NC(=O)c1ccccc1O2. The summed E-state index contributed by atoms with van der Waals surface area (Å²) in [4.78, 5) is 40.8. The number of hydrogen-bond acceptors (Lipinski definition) is 5. The lowest BCUT2D eigenvalue weighted by Gasteiger charge is -2.44. The van der Waals surface area contributed by atoms with Crippen molar-refractivity contribution in [3.05, 3.63) is 29.8 Å². The maximum absolute atomic E-state index is 12.7. The number of benzene rings is 1. The molecule has 3 amide bonds. The number of rotatable bonds is 2. The van der Waals surface area contributed by atoms with Gasteiger partial charge in [-0.3, -0.25) is 19.3 Å². The number of ether oxygens (including phenoxy) is 1. The van der Waals surface area contributed by atoms with Crippen LogP contribution in [-0.4, -0.2) is 72.5 Å². The van der Waals surface area contributed by atoms with E-state index in [1.807, 2.05) is 18.0 Å². The summed E-state index contributed by atoms with van der Waals surface area (Å²) in [5, 5.41) is 5.78. The second-order valence-corrected chi connectivity index (χ2v) is 7.42. The number of nitrogens with zero attached hydrogens (tertiary/aromatic N) is 2. The third-order valence-electron chi connectivity index (χ3n) is 5.67. The van der Waals surface area contributed by atoms with Gasteiger partial charge in [-0.1, -0.05) is 12.1 Å². The zero-order valence-electron chi connectivity index (χ0n) is 15.4. The lowest BCUT2D eigenvalue weighted by molar-refractivity contribution is -0.141. The number of likely N-dealkylation sites (N-methyl/N-ethyl adjacent to an activating group) is 1. The fourth-order valence-corrected chi connectivity index (χ4v) is 3.97. The highest BCUT2D eigenvalue weighted by Gasteiger charge is 2.43. The largest absolute Gasteiger partial charge is 0.467 e. The number of piperazine rings is 1. The van der Waals surface area contributed by atoms with Crippen LogP contribution in [0.15, 0.2) is 24.3 Å². The van der Waals surface area contributed by atoms with Gasteiger partial charge in [0, 0.05) is 39.0 Å². The Balaban J connectivity index is 1.38. The van der Waals surface area contributed by atoms with E-state index in [2.05, 4.69) is 10.6 Å². The monoisotopic (exact) mass is 372 g/mol. The van der Waals surface area contributed by atoms with Crippen LogP contribution < -0.4 is 15.4 Å². The van der Waals surface area contributed by atoms with E-state index in [1.165, 1.54) is 0 Å². The van der Waals surface area contributed by atoms with Crippen LogP contribution in [0.2, 0.25) is 0 Å². The van der Waals surface area contributed by atoms with Crippen molar-refractivity contribution in [2.24, 2.45) is 0 Å². The van der Waals surface area contributed by atoms with Crippen LogP contribution in [0.1, 0.15) is 29.6 Å². The summed E-state index contributed by atoms with van der Waals surface area (Å²) >= 11 is 0. The molecule has 0 aromatic heterocycles. The molecule has 1 aromatic rings. The molecule has 27 heavy (non-hydrogen) atoms. The minimum atomic E-state index is -0.763. The van der Waals surface area contributed by atoms with Crippen molar-refractivity contribution < 1.29 is 19.1 Å². The molecule has 3 heterocycles. The van der Waals surface area contributed by atoms with Crippen LogP contribution in [0.5, 0.6) is 5.75 Å². The first kappa shape index (κ1) is 17.8. The summed E-state index contributed by atoms with van der Waals surface area (Å²) in [6.07, 6.45) is 1.21. The number of carbonyl (C=O) groups excluding carboxylic acids is 3. The second-order valence-electron chi connectivity index (χ2n) is 7.42. The maximum Gasteiger partial charge on any atom is 0.258 e. The van der Waals surface area contributed by atoms with Crippen LogP contribution in [0, 0.1) is 0 Å². The van der Waals surface area contributed by atoms with E-state index in [-0.39, 0.29) is 24.1 Å². The summed E-state index contributed by atoms with van der Waals surface area (Å²) in [5.41, 5.74) is -0.228. The summed E-state index contributed by atoms with van der Waals surface area (Å²) in [5.74, 6) is 0.310. The molecule has 3 aliphatic rings. The molecule has 1 atom stereocenters. The van der Waals surface area contributed by atoms with Gasteiger partial charge in [-0.2, -0.15) is 0 Å². The first-order chi connectivity index (χ1) is 13.0. The van der Waals surface area contributed by atoms with E-state index in [1.54, 1.807) is 23.1 Å². The Morgan fingerprint density at radius 3 is 2.70 bits per heavy atom. The van der Waals surface area contributed by atoms with Crippen LogP contribution in [0.4, 0.5) is 0 Å². The third-order valence-corrected chi connectivity index (χ3v) is 5.67. The molecule has 144 valence electrons. The normalized spacial score (nSPS) is 24.6. The number of piperidine rings is 1. The Kier molecular flexibility index (Phi) is 4.51. The highest BCUT2D eigenvalue weighted by Crippen LogP contribution is 2.33. The lowest BCUT2D eigenvalue weighted by atomic mass is 9.96. The van der Waals surface area contributed by atoms with E-state index in [4.69, 9.17) is 4.74 Å². The van der Waals surface area contributed by atoms with Gasteiger partial charge in [0.15, 0.2) is 5.72 Å². The molecule has 2 N–H and O–H groups in total. The molecule has 0 radical (unpaired) electrons. The summed E-state index contributed by atoms with van der Waals surface area (Å²) < 4.78 is 6.10. The van der Waals surface area contributed by atoms with E-state index in [9.17, 15) is 14.4 Å². The van der Waals surface area contributed by atoms with Gasteiger partial charge in [-0.05, 0) is 19.2 Å². The number of amides is 3. The zero-order valence-corrected chi connectivity index (χ0v) is 15.4. The minimum absolute atomic E-state index is 0.0405. The predicted octanol–water partition coefficient (Wildman–Crippen LogP) is -0.0522. The van der Waals surface area contributed by atoms with Crippen molar-refractivity contribution in [1.82, 2.24) is 20.4 Å². The Bertz CT molecular complexity index is 773. The second kappa shape index (κ2) is 6.84. The molecule has 8 nitrogen and oxygen atoms in total. The van der Waals surface area contributed by atoms with Crippen LogP contribution >= 0.6 is 0 Å². The van der Waals surface area contributed by atoms with Crippen molar-refractivity contribution in [3.8, 4) is 5.75 Å². The summed E-state index contributed by atoms with van der Waals surface area (Å²) in [6.45, 7) is 2.33. The lowest BCUT2D eigenvalue weighted by Crippen LogP contribution is -2.62. The van der Waals surface area contributed by atoms with Crippen molar-refractivity contribution in [1.29, 1.82) is 0 Å². The summed E-state index contributed by atoms with van der Waals surface area (Å²) in [6, 6.07) is 6.77. The Morgan fingerprint density at radius 2 is 1.96 bits per heavy atom. The maximum atomic E-state index is 12.7. The van der Waals surface area contributed by atoms with Crippen molar-refractivity contribution in [3.63, 3.8) is 0 Å². The Hall–Kier alpha value is -2.61. The topological polar surface area (TPSA) is 91.0 Å². The number of carbonyl (C=O) groups is 3. The van der Waals surface area contributed by atoms with Crippen LogP contribution in [0.25, 0.3) is 0 Å². The number of fused-ring (bicyclic) bond motifs is 1. The summed E-state index contributed by atoms with van der Waals surface area (Å²) in [7, 11) is 1.87. The quantitative estimate of drug-likeness (QED) is 0.760. The Labute approximate surface area is 157 Å². The standard InChI is InChI=1S/C19H24N4O4/c1-22-11-8-20-18(26)14(22)12-16(24)23-9-6-19(7-10-23)21-17(25)13-4-2-3-5-15(13)27-19/h2-5,14H,6-12H2,1H3,(H,20,26)(H,21,25)/t14-/m1/s1.